The summed E-state index contributed by atoms with van der Waals surface area (Å²) in [5, 5.41) is 14.6. The Labute approximate surface area is 417 Å². The molecule has 0 spiro atoms. The van der Waals surface area contributed by atoms with Crippen LogP contribution >= 0.6 is 33.2 Å². The number of anilines is 1. The number of halogens is 1. The number of likely N-dealkylation sites (N-methyl/N-ethyl adjacent to an activating group) is 1. The van der Waals surface area contributed by atoms with E-state index in [0.717, 1.165) is 49.0 Å². The number of nitrogens with one attached hydrogen (secondary N) is 1. The number of ketones is 1. The number of methoxy groups -OCH3 is 2. The van der Waals surface area contributed by atoms with Gasteiger partial charge in [-0.3, -0.25) is 19.7 Å². The fourth-order valence-electron chi connectivity index (χ4n) is 9.64. The van der Waals surface area contributed by atoms with Crippen molar-refractivity contribution in [3.8, 4) is 5.75 Å². The molecule has 3 heterocycles. The number of benzene rings is 1. The number of ether oxygens (including phenoxy) is 5. The maximum Gasteiger partial charge on any atom is 0.409 e. The van der Waals surface area contributed by atoms with E-state index < -0.39 is 65.7 Å². The maximum absolute atomic E-state index is 14.3. The Kier molecular flexibility index (Phi) is 21.5. The molecule has 5 rings (SSSR count). The highest BCUT2D eigenvalue weighted by molar-refractivity contribution is 8.76. The number of epoxide rings is 1. The Morgan fingerprint density at radius 3 is 2.31 bits per heavy atom. The zero-order chi connectivity index (χ0) is 49.6. The number of alkyl carbamates (subject to hydrolysis) is 1. The molecular weight excluding hydrogens is 930 g/mol. The van der Waals surface area contributed by atoms with Gasteiger partial charge in [-0.25, -0.2) is 9.59 Å². The van der Waals surface area contributed by atoms with Gasteiger partial charge in [-0.05, 0) is 64.2 Å². The van der Waals surface area contributed by atoms with Crippen LogP contribution in [0.15, 0.2) is 35.9 Å². The number of hydrogen-bond donors (Lipinski definition) is 2. The zero-order valence-corrected chi connectivity index (χ0v) is 43.9. The van der Waals surface area contributed by atoms with Gasteiger partial charge in [0, 0.05) is 63.8 Å². The first kappa shape index (κ1) is 55.6. The number of esters is 1. The quantitative estimate of drug-likeness (QED) is 0.0782. The van der Waals surface area contributed by atoms with Crippen LogP contribution < -0.4 is 15.0 Å². The highest BCUT2D eigenvalue weighted by Gasteiger charge is 2.64. The first-order chi connectivity index (χ1) is 32.4. The SMILES string of the molecule is COc1cc2cc(c1Cl)N(C)C(=O)C[C@@H](OC(=O)[C@@H](C)N(C)C(=O)CCSSCCCC(=O)C1CCCCCCCCCCC1)[C@@]1(C)O[C@@H]1[C@@H](C)[C@H]1C[C@](O)(NC(=O)O1)[C@@H](OC)/C=C/C=C(\C)C2. The molecule has 1 aliphatic carbocycles. The third-order valence-corrected chi connectivity index (χ3v) is 17.1. The van der Waals surface area contributed by atoms with Crippen molar-refractivity contribution in [2.24, 2.45) is 11.8 Å². The number of allylic oxidation sites excluding steroid dienone is 3. The first-order valence-electron chi connectivity index (χ1n) is 24.5. The van der Waals surface area contributed by atoms with Crippen molar-refractivity contribution in [1.29, 1.82) is 0 Å². The molecular formula is C51H76ClN3O11S2. The lowest BCUT2D eigenvalue weighted by Crippen LogP contribution is -2.63. The molecule has 3 amide bonds. The predicted octanol–water partition coefficient (Wildman–Crippen LogP) is 9.56. The van der Waals surface area contributed by atoms with Crippen LogP contribution in [0.1, 0.15) is 136 Å². The molecule has 1 saturated carbocycles. The van der Waals surface area contributed by atoms with E-state index in [1.807, 2.05) is 19.9 Å². The smallest absolute Gasteiger partial charge is 0.409 e. The summed E-state index contributed by atoms with van der Waals surface area (Å²) in [6, 6.07) is 2.60. The average molecular weight is 1010 g/mol. The summed E-state index contributed by atoms with van der Waals surface area (Å²) in [5.74, 6) is 0.371. The molecule has 17 heteroatoms. The van der Waals surface area contributed by atoms with Crippen molar-refractivity contribution < 1.29 is 52.8 Å². The van der Waals surface area contributed by atoms with Crippen molar-refractivity contribution in [3.63, 3.8) is 0 Å². The maximum atomic E-state index is 14.3. The van der Waals surface area contributed by atoms with Gasteiger partial charge in [0.2, 0.25) is 11.8 Å². The molecule has 0 radical (unpaired) electrons. The number of hydrogen-bond acceptors (Lipinski definition) is 13. The van der Waals surface area contributed by atoms with Crippen molar-refractivity contribution >= 4 is 68.5 Å². The molecule has 380 valence electrons. The summed E-state index contributed by atoms with van der Waals surface area (Å²) in [6.45, 7) is 7.05. The number of fused-ring (bicyclic) bond motifs is 5. The molecule has 4 bridgehead atoms. The first-order valence-corrected chi connectivity index (χ1v) is 27.4. The minimum atomic E-state index is -1.84. The summed E-state index contributed by atoms with van der Waals surface area (Å²) >= 11 is 6.82. The number of rotatable bonds is 14. The standard InChI is InChI=1S/C51H76ClN3O11S2/c1-33-20-18-24-42(63-8)51(61)32-41(64-49(60)53-51)34(2)47-50(4,66-47)43(31-45(58)55(6)38-29-36(28-33)30-40(62-7)46(38)52)65-48(59)35(3)54(5)44(57)25-27-68-67-26-19-23-39(56)37-21-16-14-12-10-9-11-13-15-17-22-37/h18,20,24,29-30,34-35,37,41-43,47,61H,9-17,19,21-23,25-28,31-32H2,1-8H3,(H,53,60)/b24-18+,33-20+/t34-,35+,41+,42-,43+,47+,50+,51+/m0/s1. The van der Waals surface area contributed by atoms with E-state index >= 15 is 0 Å². The molecule has 2 saturated heterocycles. The second-order valence-corrected chi connectivity index (χ2v) is 22.4. The van der Waals surface area contributed by atoms with Crippen LogP contribution in [0.5, 0.6) is 5.75 Å². The summed E-state index contributed by atoms with van der Waals surface area (Å²) in [4.78, 5) is 70.7. The Bertz CT molecular complexity index is 1960. The minimum Gasteiger partial charge on any atom is -0.495 e. The number of nitrogens with zero attached hydrogens (tertiary/aromatic N) is 2. The molecule has 1 aromatic rings. The van der Waals surface area contributed by atoms with Gasteiger partial charge in [0.05, 0.1) is 25.3 Å². The van der Waals surface area contributed by atoms with Crippen molar-refractivity contribution in [2.75, 3.05) is 44.7 Å². The normalized spacial score (nSPS) is 29.6. The van der Waals surface area contributed by atoms with Crippen LogP contribution in [0.25, 0.3) is 0 Å². The average Bonchev–Trinajstić information content (AvgIpc) is 4.00. The van der Waals surface area contributed by atoms with Crippen LogP contribution in [0.4, 0.5) is 10.5 Å². The Hall–Kier alpha value is -3.28. The van der Waals surface area contributed by atoms with Gasteiger partial charge >= 0.3 is 12.1 Å². The zero-order valence-electron chi connectivity index (χ0n) is 41.5. The molecule has 68 heavy (non-hydrogen) atoms. The number of amides is 3. The lowest BCUT2D eigenvalue weighted by atomic mass is 9.83. The number of carbonyl (C=O) groups excluding carboxylic acids is 5. The summed E-state index contributed by atoms with van der Waals surface area (Å²) in [5.41, 5.74) is -0.951. The van der Waals surface area contributed by atoms with Crippen LogP contribution in [-0.4, -0.2) is 121 Å². The minimum absolute atomic E-state index is 0.0571. The molecule has 4 aliphatic rings. The fourth-order valence-corrected chi connectivity index (χ4v) is 12.0. The van der Waals surface area contributed by atoms with Gasteiger partial charge in [-0.1, -0.05) is 122 Å². The predicted molar refractivity (Wildman–Crippen MR) is 269 cm³/mol. The van der Waals surface area contributed by atoms with E-state index in [9.17, 15) is 29.1 Å². The molecule has 3 aliphatic heterocycles. The van der Waals surface area contributed by atoms with Crippen LogP contribution in [-0.2, 0) is 44.5 Å². The Morgan fingerprint density at radius 1 is 1.01 bits per heavy atom. The highest BCUT2D eigenvalue weighted by Crippen LogP contribution is 2.49. The van der Waals surface area contributed by atoms with Crippen LogP contribution in [0, 0.1) is 11.8 Å². The Balaban J connectivity index is 1.24. The molecule has 2 N–H and O–H groups in total. The second-order valence-electron chi connectivity index (χ2n) is 19.3. The molecule has 3 fully saturated rings. The Morgan fingerprint density at radius 2 is 1.66 bits per heavy atom. The van der Waals surface area contributed by atoms with Crippen molar-refractivity contribution in [1.82, 2.24) is 10.2 Å². The van der Waals surface area contributed by atoms with Gasteiger partial charge in [0.1, 0.15) is 46.5 Å². The molecule has 0 aromatic heterocycles. The van der Waals surface area contributed by atoms with Crippen LogP contribution in [0.2, 0.25) is 5.02 Å². The van der Waals surface area contributed by atoms with E-state index in [1.165, 1.54) is 69.0 Å². The lowest BCUT2D eigenvalue weighted by molar-refractivity contribution is -0.162. The van der Waals surface area contributed by atoms with E-state index in [2.05, 4.69) is 5.32 Å². The topological polar surface area (TPSA) is 174 Å². The van der Waals surface area contributed by atoms with Gasteiger partial charge in [0.25, 0.3) is 0 Å². The monoisotopic (exact) mass is 1010 g/mol. The van der Waals surface area contributed by atoms with E-state index in [4.69, 9.17) is 35.3 Å². The second kappa shape index (κ2) is 26.2. The molecule has 14 nitrogen and oxygen atoms in total. The number of carbonyl (C=O) groups is 5. The van der Waals surface area contributed by atoms with E-state index in [0.29, 0.717) is 35.8 Å². The summed E-state index contributed by atoms with van der Waals surface area (Å²) < 4.78 is 29.5. The third kappa shape index (κ3) is 15.1. The number of Topliss-reactive ketones (excluding diaryl/α,β-unsaturated/α-hetero) is 1. The molecule has 8 atom stereocenters. The van der Waals surface area contributed by atoms with Gasteiger partial charge in [-0.15, -0.1) is 0 Å². The summed E-state index contributed by atoms with van der Waals surface area (Å²) in [7, 11) is 9.32. The lowest BCUT2D eigenvalue weighted by Gasteiger charge is -2.42. The van der Waals surface area contributed by atoms with Crippen molar-refractivity contribution in [2.45, 2.75) is 179 Å². The third-order valence-electron chi connectivity index (χ3n) is 14.2. The van der Waals surface area contributed by atoms with Gasteiger partial charge in [-0.2, -0.15) is 0 Å². The highest BCUT2D eigenvalue weighted by atomic mass is 35.5. The fraction of sp³-hybridized carbons (Fsp3) is 0.706. The van der Waals surface area contributed by atoms with Crippen molar-refractivity contribution in [3.05, 3.63) is 46.5 Å². The molecule has 1 aromatic carbocycles. The largest absolute Gasteiger partial charge is 0.495 e. The van der Waals surface area contributed by atoms with E-state index in [1.54, 1.807) is 73.8 Å². The van der Waals surface area contributed by atoms with Gasteiger partial charge in [0.15, 0.2) is 5.72 Å². The molecule has 0 unspecified atom stereocenters. The number of aliphatic hydroxyl groups is 1. The summed E-state index contributed by atoms with van der Waals surface area (Å²) in [6.07, 6.45) is 15.8. The van der Waals surface area contributed by atoms with E-state index in [-0.39, 0.29) is 36.1 Å². The van der Waals surface area contributed by atoms with Gasteiger partial charge < -0.3 is 38.6 Å². The van der Waals surface area contributed by atoms with Crippen LogP contribution in [0.3, 0.4) is 0 Å².